The van der Waals surface area contributed by atoms with Crippen LogP contribution in [0.5, 0.6) is 0 Å². The number of hydrogen-bond acceptors (Lipinski definition) is 5. The molecule has 0 spiro atoms. The summed E-state index contributed by atoms with van der Waals surface area (Å²) in [6.07, 6.45) is 4.83. The maximum absolute atomic E-state index is 12.2. The van der Waals surface area contributed by atoms with E-state index in [2.05, 4.69) is 10.6 Å². The number of benzene rings is 1. The van der Waals surface area contributed by atoms with Crippen LogP contribution in [-0.4, -0.2) is 36.3 Å². The number of carbonyl (C=O) groups excluding carboxylic acids is 3. The van der Waals surface area contributed by atoms with E-state index in [-0.39, 0.29) is 6.04 Å². The number of nitrogens with one attached hydrogen (secondary N) is 2. The average molecular weight is 350 g/mol. The number of rotatable bonds is 5. The molecule has 0 unspecified atom stereocenters. The molecule has 1 aliphatic carbocycles. The Bertz CT molecular complexity index is 614. The van der Waals surface area contributed by atoms with Crippen molar-refractivity contribution in [3.8, 4) is 0 Å². The second-order valence-electron chi connectivity index (χ2n) is 5.69. The van der Waals surface area contributed by atoms with Crippen molar-refractivity contribution in [2.24, 2.45) is 0 Å². The third-order valence-corrected chi connectivity index (χ3v) is 4.70. The van der Waals surface area contributed by atoms with Gasteiger partial charge in [0.2, 0.25) is 0 Å². The lowest BCUT2D eigenvalue weighted by atomic mass is 10.2. The smallest absolute Gasteiger partial charge is 0.340 e. The molecule has 2 rings (SSSR count). The molecule has 0 aliphatic heterocycles. The summed E-state index contributed by atoms with van der Waals surface area (Å²) in [6.45, 7) is 1.44. The second kappa shape index (κ2) is 8.73. The Kier molecular flexibility index (Phi) is 6.66. The van der Waals surface area contributed by atoms with Crippen molar-refractivity contribution in [1.82, 2.24) is 10.6 Å². The summed E-state index contributed by atoms with van der Waals surface area (Å²) in [5.41, 5.74) is 0.403. The van der Waals surface area contributed by atoms with Crippen LogP contribution in [0.1, 0.15) is 43.0 Å². The lowest BCUT2D eigenvalue weighted by molar-refractivity contribution is -0.127. The minimum absolute atomic E-state index is 0.115. The van der Waals surface area contributed by atoms with Gasteiger partial charge in [0.15, 0.2) is 6.10 Å². The highest BCUT2D eigenvalue weighted by Crippen LogP contribution is 2.21. The first-order valence-electron chi connectivity index (χ1n) is 7.96. The van der Waals surface area contributed by atoms with Crippen molar-refractivity contribution >= 4 is 29.7 Å². The maximum Gasteiger partial charge on any atom is 0.340 e. The summed E-state index contributed by atoms with van der Waals surface area (Å²) in [5.74, 6) is -1.22. The Morgan fingerprint density at radius 3 is 2.54 bits per heavy atom. The molecule has 0 saturated heterocycles. The zero-order valence-electron chi connectivity index (χ0n) is 13.8. The van der Waals surface area contributed by atoms with Crippen molar-refractivity contribution in [1.29, 1.82) is 0 Å². The van der Waals surface area contributed by atoms with Crippen molar-refractivity contribution in [3.05, 3.63) is 29.8 Å². The number of ether oxygens (including phenoxy) is 1. The molecule has 24 heavy (non-hydrogen) atoms. The van der Waals surface area contributed by atoms with Gasteiger partial charge in [-0.05, 0) is 38.2 Å². The fraction of sp³-hybridized carbons (Fsp3) is 0.471. The molecule has 6 nitrogen and oxygen atoms in total. The van der Waals surface area contributed by atoms with E-state index in [1.165, 1.54) is 18.7 Å². The topological polar surface area (TPSA) is 84.5 Å². The Morgan fingerprint density at radius 2 is 1.88 bits per heavy atom. The van der Waals surface area contributed by atoms with E-state index >= 15 is 0 Å². The lowest BCUT2D eigenvalue weighted by Crippen LogP contribution is -2.47. The fourth-order valence-electron chi connectivity index (χ4n) is 2.60. The Morgan fingerprint density at radius 1 is 1.21 bits per heavy atom. The van der Waals surface area contributed by atoms with Gasteiger partial charge in [0.1, 0.15) is 0 Å². The number of thioether (sulfide) groups is 1. The standard InChI is InChI=1S/C17H22N2O4S/c1-11(15(20)19-17(22)18-12-7-3-4-8-12)23-16(21)13-9-5-6-10-14(13)24-2/h5-6,9-12H,3-4,7-8H2,1-2H3,(H2,18,19,20,22)/t11-/m0/s1. The minimum atomic E-state index is -1.05. The molecule has 7 heteroatoms. The van der Waals surface area contributed by atoms with Crippen LogP contribution in [0.25, 0.3) is 0 Å². The zero-order chi connectivity index (χ0) is 17.5. The molecule has 1 aliphatic rings. The van der Waals surface area contributed by atoms with E-state index in [0.717, 1.165) is 30.6 Å². The number of amides is 3. The summed E-state index contributed by atoms with van der Waals surface area (Å²) >= 11 is 1.42. The third kappa shape index (κ3) is 4.99. The molecule has 0 heterocycles. The SMILES string of the molecule is CSc1ccccc1C(=O)O[C@@H](C)C(=O)NC(=O)NC1CCCC1. The fourth-order valence-corrected chi connectivity index (χ4v) is 3.18. The molecular formula is C17H22N2O4S. The second-order valence-corrected chi connectivity index (χ2v) is 6.54. The molecule has 0 aromatic heterocycles. The van der Waals surface area contributed by atoms with Crippen LogP contribution >= 0.6 is 11.8 Å². The first-order valence-corrected chi connectivity index (χ1v) is 9.19. The molecule has 1 aromatic carbocycles. The Hall–Kier alpha value is -2.02. The monoisotopic (exact) mass is 350 g/mol. The molecule has 1 aromatic rings. The first-order chi connectivity index (χ1) is 11.5. The highest BCUT2D eigenvalue weighted by molar-refractivity contribution is 7.98. The van der Waals surface area contributed by atoms with Crippen LogP contribution in [-0.2, 0) is 9.53 Å². The van der Waals surface area contributed by atoms with E-state index < -0.39 is 24.0 Å². The van der Waals surface area contributed by atoms with Crippen LogP contribution in [0.2, 0.25) is 0 Å². The molecule has 1 fully saturated rings. The van der Waals surface area contributed by atoms with Gasteiger partial charge in [-0.3, -0.25) is 10.1 Å². The van der Waals surface area contributed by atoms with Gasteiger partial charge in [-0.15, -0.1) is 11.8 Å². The van der Waals surface area contributed by atoms with Crippen LogP contribution < -0.4 is 10.6 Å². The Balaban J connectivity index is 1.86. The van der Waals surface area contributed by atoms with Gasteiger partial charge in [0.25, 0.3) is 5.91 Å². The van der Waals surface area contributed by atoms with Crippen molar-refractivity contribution in [3.63, 3.8) is 0 Å². The summed E-state index contributed by atoms with van der Waals surface area (Å²) in [4.78, 5) is 36.7. The molecule has 0 bridgehead atoms. The summed E-state index contributed by atoms with van der Waals surface area (Å²) in [5, 5.41) is 4.97. The van der Waals surface area contributed by atoms with Crippen molar-refractivity contribution in [2.45, 2.75) is 49.6 Å². The molecule has 1 atom stereocenters. The summed E-state index contributed by atoms with van der Waals surface area (Å²) in [7, 11) is 0. The van der Waals surface area contributed by atoms with Gasteiger partial charge >= 0.3 is 12.0 Å². The van der Waals surface area contributed by atoms with E-state index in [1.54, 1.807) is 18.2 Å². The zero-order valence-corrected chi connectivity index (χ0v) is 14.7. The Labute approximate surface area is 145 Å². The predicted octanol–water partition coefficient (Wildman–Crippen LogP) is 2.72. The lowest BCUT2D eigenvalue weighted by Gasteiger charge is -2.16. The number of urea groups is 1. The molecule has 1 saturated carbocycles. The number of esters is 1. The van der Waals surface area contributed by atoms with Gasteiger partial charge in [0.05, 0.1) is 5.56 Å². The van der Waals surface area contributed by atoms with E-state index in [1.807, 2.05) is 12.3 Å². The van der Waals surface area contributed by atoms with Gasteiger partial charge in [0, 0.05) is 10.9 Å². The number of carbonyl (C=O) groups is 3. The van der Waals surface area contributed by atoms with Crippen LogP contribution in [0.3, 0.4) is 0 Å². The highest BCUT2D eigenvalue weighted by Gasteiger charge is 2.23. The highest BCUT2D eigenvalue weighted by atomic mass is 32.2. The van der Waals surface area contributed by atoms with Gasteiger partial charge < -0.3 is 10.1 Å². The van der Waals surface area contributed by atoms with Gasteiger partial charge in [-0.2, -0.15) is 0 Å². The molecule has 0 radical (unpaired) electrons. The number of imide groups is 1. The van der Waals surface area contributed by atoms with Crippen LogP contribution in [0, 0.1) is 0 Å². The first kappa shape index (κ1) is 18.3. The molecule has 2 N–H and O–H groups in total. The predicted molar refractivity (Wildman–Crippen MR) is 92.0 cm³/mol. The van der Waals surface area contributed by atoms with Gasteiger partial charge in [-0.1, -0.05) is 25.0 Å². The van der Waals surface area contributed by atoms with Crippen molar-refractivity contribution < 1.29 is 19.1 Å². The quantitative estimate of drug-likeness (QED) is 0.630. The molecule has 130 valence electrons. The summed E-state index contributed by atoms with van der Waals surface area (Å²) in [6, 6.07) is 6.58. The van der Waals surface area contributed by atoms with Crippen LogP contribution in [0.4, 0.5) is 4.79 Å². The third-order valence-electron chi connectivity index (χ3n) is 3.91. The van der Waals surface area contributed by atoms with E-state index in [9.17, 15) is 14.4 Å². The largest absolute Gasteiger partial charge is 0.449 e. The van der Waals surface area contributed by atoms with Crippen molar-refractivity contribution in [2.75, 3.05) is 6.26 Å². The van der Waals surface area contributed by atoms with Crippen LogP contribution in [0.15, 0.2) is 29.2 Å². The molecular weight excluding hydrogens is 328 g/mol. The summed E-state index contributed by atoms with van der Waals surface area (Å²) < 4.78 is 5.17. The van der Waals surface area contributed by atoms with E-state index in [4.69, 9.17) is 4.74 Å². The van der Waals surface area contributed by atoms with E-state index in [0.29, 0.717) is 5.56 Å². The maximum atomic E-state index is 12.2. The average Bonchev–Trinajstić information content (AvgIpc) is 3.07. The minimum Gasteiger partial charge on any atom is -0.449 e. The van der Waals surface area contributed by atoms with Gasteiger partial charge in [-0.25, -0.2) is 9.59 Å². The number of hydrogen-bond donors (Lipinski definition) is 2. The normalized spacial score (nSPS) is 15.6. The molecule has 3 amide bonds.